The summed E-state index contributed by atoms with van der Waals surface area (Å²) in [6.07, 6.45) is 0. The van der Waals surface area contributed by atoms with Crippen LogP contribution in [0.4, 0.5) is 11.4 Å². The second kappa shape index (κ2) is 7.88. The molecule has 0 radical (unpaired) electrons. The summed E-state index contributed by atoms with van der Waals surface area (Å²) in [5.41, 5.74) is 6.93. The van der Waals surface area contributed by atoms with Crippen molar-refractivity contribution in [3.63, 3.8) is 0 Å². The van der Waals surface area contributed by atoms with Crippen LogP contribution < -0.4 is 10.4 Å². The third-order valence-corrected chi connectivity index (χ3v) is 4.55. The normalized spacial score (nSPS) is 16.8. The van der Waals surface area contributed by atoms with Crippen LogP contribution in [-0.4, -0.2) is 17.3 Å². The van der Waals surface area contributed by atoms with Crippen molar-refractivity contribution in [2.75, 3.05) is 10.4 Å². The molecule has 5 heteroatoms. The fraction of sp³-hybridized carbons (Fsp3) is 0.0870. The Morgan fingerprint density at radius 1 is 0.893 bits per heavy atom. The van der Waals surface area contributed by atoms with Crippen LogP contribution in [0.15, 0.2) is 101 Å². The SMILES string of the molecule is CC1=NN(c2ccccc2)C(=O)C1/C(=N/Nc1ccccc1)c1ccccc1. The van der Waals surface area contributed by atoms with E-state index in [0.29, 0.717) is 11.4 Å². The number of anilines is 2. The van der Waals surface area contributed by atoms with E-state index in [-0.39, 0.29) is 5.91 Å². The third-order valence-electron chi connectivity index (χ3n) is 4.55. The van der Waals surface area contributed by atoms with Gasteiger partial charge < -0.3 is 0 Å². The van der Waals surface area contributed by atoms with Crippen molar-refractivity contribution in [2.24, 2.45) is 16.1 Å². The first-order valence-corrected chi connectivity index (χ1v) is 9.12. The molecule has 1 aliphatic heterocycles. The number of nitrogens with one attached hydrogen (secondary N) is 1. The lowest BCUT2D eigenvalue weighted by atomic mass is 9.93. The first kappa shape index (κ1) is 17.7. The van der Waals surface area contributed by atoms with Gasteiger partial charge in [0.05, 0.1) is 22.8 Å². The van der Waals surface area contributed by atoms with Crippen molar-refractivity contribution in [1.82, 2.24) is 0 Å². The zero-order valence-corrected chi connectivity index (χ0v) is 15.5. The van der Waals surface area contributed by atoms with E-state index in [1.807, 2.05) is 97.9 Å². The molecule has 0 saturated carbocycles. The van der Waals surface area contributed by atoms with Crippen LogP contribution in [0.2, 0.25) is 0 Å². The molecule has 4 rings (SSSR count). The minimum atomic E-state index is -0.543. The first-order valence-electron chi connectivity index (χ1n) is 9.12. The number of hydrogen-bond acceptors (Lipinski definition) is 4. The van der Waals surface area contributed by atoms with Gasteiger partial charge in [-0.1, -0.05) is 66.7 Å². The fourth-order valence-corrected chi connectivity index (χ4v) is 3.18. The zero-order valence-electron chi connectivity index (χ0n) is 15.5. The topological polar surface area (TPSA) is 57.1 Å². The molecule has 0 saturated heterocycles. The summed E-state index contributed by atoms with van der Waals surface area (Å²) in [5, 5.41) is 10.6. The molecule has 28 heavy (non-hydrogen) atoms. The van der Waals surface area contributed by atoms with Crippen LogP contribution in [0.3, 0.4) is 0 Å². The van der Waals surface area contributed by atoms with E-state index in [2.05, 4.69) is 15.6 Å². The number of nitrogens with zero attached hydrogens (tertiary/aromatic N) is 3. The molecule has 0 fully saturated rings. The van der Waals surface area contributed by atoms with Crippen LogP contribution in [0, 0.1) is 5.92 Å². The molecule has 138 valence electrons. The molecule has 1 N–H and O–H groups in total. The predicted molar refractivity (Wildman–Crippen MR) is 114 cm³/mol. The quantitative estimate of drug-likeness (QED) is 0.531. The Morgan fingerprint density at radius 2 is 1.46 bits per heavy atom. The van der Waals surface area contributed by atoms with Crippen LogP contribution in [0.1, 0.15) is 12.5 Å². The van der Waals surface area contributed by atoms with E-state index in [4.69, 9.17) is 0 Å². The van der Waals surface area contributed by atoms with E-state index >= 15 is 0 Å². The molecule has 0 bridgehead atoms. The molecule has 0 spiro atoms. The van der Waals surface area contributed by atoms with Crippen LogP contribution in [-0.2, 0) is 4.79 Å². The van der Waals surface area contributed by atoms with E-state index in [1.54, 1.807) is 0 Å². The summed E-state index contributed by atoms with van der Waals surface area (Å²) in [6, 6.07) is 28.9. The van der Waals surface area contributed by atoms with Crippen molar-refractivity contribution in [3.05, 3.63) is 96.6 Å². The van der Waals surface area contributed by atoms with Gasteiger partial charge in [-0.05, 0) is 36.8 Å². The maximum absolute atomic E-state index is 13.2. The Balaban J connectivity index is 1.71. The molecule has 1 heterocycles. The number of hydrazone groups is 2. The van der Waals surface area contributed by atoms with E-state index in [0.717, 1.165) is 16.9 Å². The summed E-state index contributed by atoms with van der Waals surface area (Å²) in [4.78, 5) is 13.2. The number of carbonyl (C=O) groups is 1. The lowest BCUT2D eigenvalue weighted by Crippen LogP contribution is -2.33. The van der Waals surface area contributed by atoms with Crippen LogP contribution in [0.25, 0.3) is 0 Å². The van der Waals surface area contributed by atoms with Gasteiger partial charge in [-0.2, -0.15) is 15.2 Å². The van der Waals surface area contributed by atoms with Gasteiger partial charge in [0.15, 0.2) is 0 Å². The van der Waals surface area contributed by atoms with Gasteiger partial charge >= 0.3 is 0 Å². The minimum Gasteiger partial charge on any atom is -0.278 e. The fourth-order valence-electron chi connectivity index (χ4n) is 3.18. The summed E-state index contributed by atoms with van der Waals surface area (Å²) >= 11 is 0. The monoisotopic (exact) mass is 368 g/mol. The van der Waals surface area contributed by atoms with Crippen molar-refractivity contribution < 1.29 is 4.79 Å². The summed E-state index contributed by atoms with van der Waals surface area (Å²) in [6.45, 7) is 1.87. The van der Waals surface area contributed by atoms with Gasteiger partial charge in [0, 0.05) is 0 Å². The van der Waals surface area contributed by atoms with Crippen molar-refractivity contribution >= 4 is 28.7 Å². The van der Waals surface area contributed by atoms with Gasteiger partial charge in [0.25, 0.3) is 5.91 Å². The largest absolute Gasteiger partial charge is 0.278 e. The van der Waals surface area contributed by atoms with E-state index in [1.165, 1.54) is 5.01 Å². The van der Waals surface area contributed by atoms with Crippen LogP contribution in [0.5, 0.6) is 0 Å². The second-order valence-electron chi connectivity index (χ2n) is 6.50. The number of para-hydroxylation sites is 2. The van der Waals surface area contributed by atoms with E-state index < -0.39 is 5.92 Å². The van der Waals surface area contributed by atoms with Crippen molar-refractivity contribution in [1.29, 1.82) is 0 Å². The molecule has 5 nitrogen and oxygen atoms in total. The van der Waals surface area contributed by atoms with Gasteiger partial charge in [0.2, 0.25) is 0 Å². The minimum absolute atomic E-state index is 0.110. The Kier molecular flexibility index (Phi) is 4.97. The number of hydrogen-bond donors (Lipinski definition) is 1. The molecule has 1 aliphatic rings. The summed E-state index contributed by atoms with van der Waals surface area (Å²) in [5.74, 6) is -0.653. The molecular formula is C23H20N4O. The lowest BCUT2D eigenvalue weighted by molar-refractivity contribution is -0.118. The first-order chi connectivity index (χ1) is 13.7. The lowest BCUT2D eigenvalue weighted by Gasteiger charge is -2.16. The Labute approximate surface area is 164 Å². The van der Waals surface area contributed by atoms with Crippen LogP contribution >= 0.6 is 0 Å². The maximum Gasteiger partial charge on any atom is 0.262 e. The summed E-state index contributed by atoms with van der Waals surface area (Å²) in [7, 11) is 0. The number of rotatable bonds is 5. The highest BCUT2D eigenvalue weighted by Crippen LogP contribution is 2.26. The van der Waals surface area contributed by atoms with Crippen molar-refractivity contribution in [2.45, 2.75) is 6.92 Å². The highest BCUT2D eigenvalue weighted by Gasteiger charge is 2.38. The standard InChI is InChI=1S/C23H20N4O/c1-17-21(23(28)27(26-17)20-15-9-4-10-16-20)22(18-11-5-2-6-12-18)25-24-19-13-7-3-8-14-19/h2-16,21,24H,1H3/b25-22+. The van der Waals surface area contributed by atoms with Gasteiger partial charge in [-0.3, -0.25) is 10.2 Å². The summed E-state index contributed by atoms with van der Waals surface area (Å²) < 4.78 is 0. The smallest absolute Gasteiger partial charge is 0.262 e. The number of carbonyl (C=O) groups excluding carboxylic acids is 1. The molecule has 3 aromatic carbocycles. The highest BCUT2D eigenvalue weighted by molar-refractivity contribution is 6.31. The second-order valence-corrected chi connectivity index (χ2v) is 6.50. The molecule has 3 aromatic rings. The third kappa shape index (κ3) is 3.55. The van der Waals surface area contributed by atoms with Gasteiger partial charge in [0.1, 0.15) is 5.92 Å². The van der Waals surface area contributed by atoms with E-state index in [9.17, 15) is 4.79 Å². The molecule has 1 amide bonds. The van der Waals surface area contributed by atoms with Crippen molar-refractivity contribution in [3.8, 4) is 0 Å². The Hall–Kier alpha value is -3.73. The Morgan fingerprint density at radius 3 is 2.11 bits per heavy atom. The molecule has 1 unspecified atom stereocenters. The molecule has 1 atom stereocenters. The molecule has 0 aromatic heterocycles. The van der Waals surface area contributed by atoms with Gasteiger partial charge in [-0.25, -0.2) is 0 Å². The Bertz CT molecular complexity index is 1010. The highest BCUT2D eigenvalue weighted by atomic mass is 16.2. The van der Waals surface area contributed by atoms with Gasteiger partial charge in [-0.15, -0.1) is 0 Å². The molecule has 0 aliphatic carbocycles. The maximum atomic E-state index is 13.2. The average molecular weight is 368 g/mol. The number of benzene rings is 3. The molecular weight excluding hydrogens is 348 g/mol. The number of amides is 1. The average Bonchev–Trinajstić information content (AvgIpc) is 3.05. The zero-order chi connectivity index (χ0) is 19.3. The predicted octanol–water partition coefficient (Wildman–Crippen LogP) is 4.54.